The topological polar surface area (TPSA) is 108 Å². The number of hydrogen-bond acceptors (Lipinski definition) is 5. The van der Waals surface area contributed by atoms with Crippen molar-refractivity contribution >= 4 is 17.3 Å². The summed E-state index contributed by atoms with van der Waals surface area (Å²) in [4.78, 5) is 25.2. The first-order valence-corrected chi connectivity index (χ1v) is 9.39. The first-order valence-electron chi connectivity index (χ1n) is 9.39. The molecule has 0 spiro atoms. The molecule has 1 aromatic carbocycles. The smallest absolute Gasteiger partial charge is 0.290 e. The van der Waals surface area contributed by atoms with Crippen LogP contribution >= 0.6 is 0 Å². The lowest BCUT2D eigenvalue weighted by Gasteiger charge is -2.13. The summed E-state index contributed by atoms with van der Waals surface area (Å²) in [5, 5.41) is 7.18. The van der Waals surface area contributed by atoms with Crippen molar-refractivity contribution in [1.29, 1.82) is 0 Å². The fraction of sp³-hybridized carbons (Fsp3) is 0.136. The summed E-state index contributed by atoms with van der Waals surface area (Å²) in [7, 11) is 0. The molecule has 1 amide bonds. The van der Waals surface area contributed by atoms with Crippen LogP contribution in [0.5, 0.6) is 0 Å². The molecule has 0 saturated carbocycles. The highest BCUT2D eigenvalue weighted by Gasteiger charge is 2.15. The zero-order valence-electron chi connectivity index (χ0n) is 16.6. The molecule has 8 nitrogen and oxygen atoms in total. The normalized spacial score (nSPS) is 10.9. The maximum Gasteiger partial charge on any atom is 0.290 e. The Morgan fingerprint density at radius 3 is 2.57 bits per heavy atom. The Morgan fingerprint density at radius 2 is 1.87 bits per heavy atom. The maximum absolute atomic E-state index is 12.7. The average molecular weight is 403 g/mol. The Kier molecular flexibility index (Phi) is 4.97. The van der Waals surface area contributed by atoms with E-state index in [2.05, 4.69) is 10.4 Å². The van der Waals surface area contributed by atoms with Gasteiger partial charge in [-0.05, 0) is 50.2 Å². The Morgan fingerprint density at radius 1 is 1.13 bits per heavy atom. The highest BCUT2D eigenvalue weighted by atomic mass is 16.3. The molecular formula is C22H21N5O3. The summed E-state index contributed by atoms with van der Waals surface area (Å²) in [5.74, 6) is 0.996. The predicted molar refractivity (Wildman–Crippen MR) is 114 cm³/mol. The van der Waals surface area contributed by atoms with Crippen LogP contribution in [0, 0.1) is 13.8 Å². The molecule has 4 rings (SSSR count). The maximum atomic E-state index is 12.7. The standard InChI is InChI=1S/C22H21N5O3/c1-14-11-16(15(2)30-14)19-12-17(23)22(29)27(25-19)13-21(28)24-18-7-3-4-8-20(18)26-9-5-6-10-26/h3-12H,13,23H2,1-2H3,(H,24,28). The molecule has 0 unspecified atom stereocenters. The number of anilines is 2. The van der Waals surface area contributed by atoms with Gasteiger partial charge in [-0.25, -0.2) is 4.68 Å². The first-order chi connectivity index (χ1) is 14.4. The van der Waals surface area contributed by atoms with E-state index in [0.29, 0.717) is 17.1 Å². The first kappa shape index (κ1) is 19.3. The Hall–Kier alpha value is -4.07. The number of rotatable bonds is 5. The van der Waals surface area contributed by atoms with Crippen LogP contribution in [0.4, 0.5) is 11.4 Å². The molecule has 152 valence electrons. The lowest BCUT2D eigenvalue weighted by Crippen LogP contribution is -2.31. The van der Waals surface area contributed by atoms with Gasteiger partial charge in [0.1, 0.15) is 23.8 Å². The SMILES string of the molecule is Cc1cc(-c2cc(N)c(=O)n(CC(=O)Nc3ccccc3-n3cccc3)n2)c(C)o1. The van der Waals surface area contributed by atoms with E-state index in [4.69, 9.17) is 10.2 Å². The minimum atomic E-state index is -0.523. The van der Waals surface area contributed by atoms with Gasteiger partial charge in [-0.3, -0.25) is 9.59 Å². The van der Waals surface area contributed by atoms with Crippen LogP contribution in [0.3, 0.4) is 0 Å². The molecule has 0 fully saturated rings. The lowest BCUT2D eigenvalue weighted by atomic mass is 10.1. The van der Waals surface area contributed by atoms with E-state index in [9.17, 15) is 9.59 Å². The Balaban J connectivity index is 1.62. The van der Waals surface area contributed by atoms with Gasteiger partial charge in [-0.15, -0.1) is 0 Å². The van der Waals surface area contributed by atoms with Crippen LogP contribution in [0.1, 0.15) is 11.5 Å². The quantitative estimate of drug-likeness (QED) is 0.532. The second kappa shape index (κ2) is 7.75. The molecule has 0 radical (unpaired) electrons. The van der Waals surface area contributed by atoms with Crippen LogP contribution < -0.4 is 16.6 Å². The molecular weight excluding hydrogens is 382 g/mol. The summed E-state index contributed by atoms with van der Waals surface area (Å²) in [6.45, 7) is 3.36. The van der Waals surface area contributed by atoms with E-state index in [1.54, 1.807) is 13.0 Å². The molecule has 8 heteroatoms. The number of nitrogens with two attached hydrogens (primary N) is 1. The number of aromatic nitrogens is 3. The van der Waals surface area contributed by atoms with E-state index in [1.807, 2.05) is 60.3 Å². The zero-order valence-corrected chi connectivity index (χ0v) is 16.6. The van der Waals surface area contributed by atoms with Crippen molar-refractivity contribution in [3.8, 4) is 16.9 Å². The van der Waals surface area contributed by atoms with Crippen LogP contribution in [-0.4, -0.2) is 20.3 Å². The number of para-hydroxylation sites is 2. The number of carbonyl (C=O) groups excluding carboxylic acids is 1. The monoisotopic (exact) mass is 403 g/mol. The predicted octanol–water partition coefficient (Wildman–Crippen LogP) is 3.13. The van der Waals surface area contributed by atoms with Crippen molar-refractivity contribution in [1.82, 2.24) is 14.3 Å². The third kappa shape index (κ3) is 3.75. The number of furan rings is 1. The number of carbonyl (C=O) groups is 1. The van der Waals surface area contributed by atoms with Crippen LogP contribution in [-0.2, 0) is 11.3 Å². The molecule has 0 saturated heterocycles. The molecule has 0 atom stereocenters. The van der Waals surface area contributed by atoms with Gasteiger partial charge in [-0.1, -0.05) is 12.1 Å². The fourth-order valence-electron chi connectivity index (χ4n) is 3.31. The Labute approximate surface area is 172 Å². The van der Waals surface area contributed by atoms with Crippen molar-refractivity contribution < 1.29 is 9.21 Å². The lowest BCUT2D eigenvalue weighted by molar-refractivity contribution is -0.117. The summed E-state index contributed by atoms with van der Waals surface area (Å²) in [5.41, 5.74) is 8.02. The fourth-order valence-corrected chi connectivity index (χ4v) is 3.31. The van der Waals surface area contributed by atoms with Gasteiger partial charge < -0.3 is 20.0 Å². The van der Waals surface area contributed by atoms with Crippen LogP contribution in [0.15, 0.2) is 70.1 Å². The van der Waals surface area contributed by atoms with Crippen molar-refractivity contribution in [3.05, 3.63) is 82.8 Å². The van der Waals surface area contributed by atoms with Crippen molar-refractivity contribution in [3.63, 3.8) is 0 Å². The number of nitrogen functional groups attached to an aromatic ring is 1. The van der Waals surface area contributed by atoms with Crippen molar-refractivity contribution in [2.45, 2.75) is 20.4 Å². The van der Waals surface area contributed by atoms with Gasteiger partial charge in [0.25, 0.3) is 5.56 Å². The van der Waals surface area contributed by atoms with Crippen molar-refractivity contribution in [2.24, 2.45) is 0 Å². The van der Waals surface area contributed by atoms with E-state index < -0.39 is 5.56 Å². The number of benzene rings is 1. The summed E-state index contributed by atoms with van der Waals surface area (Å²) in [6, 6.07) is 14.5. The average Bonchev–Trinajstić information content (AvgIpc) is 3.35. The van der Waals surface area contributed by atoms with Gasteiger partial charge in [0.05, 0.1) is 17.1 Å². The summed E-state index contributed by atoms with van der Waals surface area (Å²) < 4.78 is 8.50. The van der Waals surface area contributed by atoms with Crippen molar-refractivity contribution in [2.75, 3.05) is 11.1 Å². The molecule has 3 aromatic heterocycles. The molecule has 3 N–H and O–H groups in total. The zero-order chi connectivity index (χ0) is 21.3. The second-order valence-corrected chi connectivity index (χ2v) is 6.93. The van der Waals surface area contributed by atoms with E-state index in [-0.39, 0.29) is 18.1 Å². The Bertz CT molecular complexity index is 1270. The van der Waals surface area contributed by atoms with Crippen LogP contribution in [0.25, 0.3) is 16.9 Å². The molecule has 0 aliphatic carbocycles. The third-order valence-electron chi connectivity index (χ3n) is 4.67. The number of hydrogen-bond donors (Lipinski definition) is 2. The van der Waals surface area contributed by atoms with Gasteiger partial charge in [-0.2, -0.15) is 5.10 Å². The number of aryl methyl sites for hydroxylation is 2. The minimum Gasteiger partial charge on any atom is -0.466 e. The van der Waals surface area contributed by atoms with Crippen LogP contribution in [0.2, 0.25) is 0 Å². The summed E-state index contributed by atoms with van der Waals surface area (Å²) in [6.07, 6.45) is 3.77. The van der Waals surface area contributed by atoms with E-state index in [1.165, 1.54) is 6.07 Å². The minimum absolute atomic E-state index is 0.0128. The van der Waals surface area contributed by atoms with Gasteiger partial charge in [0, 0.05) is 18.0 Å². The summed E-state index contributed by atoms with van der Waals surface area (Å²) >= 11 is 0. The number of nitrogens with zero attached hydrogens (tertiary/aromatic N) is 3. The second-order valence-electron chi connectivity index (χ2n) is 6.93. The number of nitrogens with one attached hydrogen (secondary N) is 1. The molecule has 4 aromatic rings. The third-order valence-corrected chi connectivity index (χ3v) is 4.67. The molecule has 30 heavy (non-hydrogen) atoms. The highest BCUT2D eigenvalue weighted by Crippen LogP contribution is 2.25. The largest absolute Gasteiger partial charge is 0.466 e. The van der Waals surface area contributed by atoms with Gasteiger partial charge in [0.2, 0.25) is 5.91 Å². The molecule has 0 aliphatic rings. The van der Waals surface area contributed by atoms with Gasteiger partial charge in [0.15, 0.2) is 0 Å². The molecule has 3 heterocycles. The van der Waals surface area contributed by atoms with E-state index >= 15 is 0 Å². The highest BCUT2D eigenvalue weighted by molar-refractivity contribution is 5.92. The van der Waals surface area contributed by atoms with Gasteiger partial charge >= 0.3 is 0 Å². The van der Waals surface area contributed by atoms with E-state index in [0.717, 1.165) is 21.7 Å². The molecule has 0 bridgehead atoms. The number of amides is 1. The molecule has 0 aliphatic heterocycles.